The summed E-state index contributed by atoms with van der Waals surface area (Å²) in [5.41, 5.74) is 7.92. The molecule has 1 aliphatic heterocycles. The average molecular weight is 389 g/mol. The Kier molecular flexibility index (Phi) is 5.20. The van der Waals surface area contributed by atoms with E-state index in [0.717, 1.165) is 6.42 Å². The van der Waals surface area contributed by atoms with Gasteiger partial charge in [0, 0.05) is 0 Å². The van der Waals surface area contributed by atoms with E-state index in [2.05, 4.69) is 94.9 Å². The van der Waals surface area contributed by atoms with Crippen LogP contribution in [0.5, 0.6) is 0 Å². The van der Waals surface area contributed by atoms with Crippen LogP contribution in [0.15, 0.2) is 78.4 Å². The van der Waals surface area contributed by atoms with Gasteiger partial charge < -0.3 is 4.43 Å². The van der Waals surface area contributed by atoms with Gasteiger partial charge in [0.1, 0.15) is 0 Å². The molecular weight excluding hydrogens is 356 g/mol. The van der Waals surface area contributed by atoms with Crippen molar-refractivity contribution >= 4 is 13.9 Å². The second-order valence-electron chi connectivity index (χ2n) is 9.08. The standard InChI is InChI=1S/C26H32OSi/c1-18(2)28(19(3)4)17-23-16-20(5)24(21-12-8-6-9-13-21)25(23)26(27-28)22-14-10-7-11-15-22/h6-15,18-19,23,26H,5,16-17H2,1-4H3. The fraction of sp³-hybridized carbons (Fsp3) is 0.385. The topological polar surface area (TPSA) is 9.23 Å². The van der Waals surface area contributed by atoms with E-state index in [0.29, 0.717) is 17.0 Å². The molecule has 0 saturated carbocycles. The largest absolute Gasteiger partial charge is 0.406 e. The van der Waals surface area contributed by atoms with Crippen LogP contribution in [-0.4, -0.2) is 8.32 Å². The average Bonchev–Trinajstić information content (AvgIpc) is 3.03. The summed E-state index contributed by atoms with van der Waals surface area (Å²) in [5.74, 6) is 0.568. The molecule has 4 rings (SSSR count). The van der Waals surface area contributed by atoms with Crippen molar-refractivity contribution < 1.29 is 4.43 Å². The Bertz CT molecular complexity index is 871. The van der Waals surface area contributed by atoms with Crippen LogP contribution in [0, 0.1) is 5.92 Å². The maximum absolute atomic E-state index is 7.24. The third-order valence-corrected chi connectivity index (χ3v) is 12.6. The normalized spacial score (nSPS) is 24.1. The summed E-state index contributed by atoms with van der Waals surface area (Å²) in [6, 6.07) is 22.9. The number of benzene rings is 2. The number of rotatable bonds is 4. The summed E-state index contributed by atoms with van der Waals surface area (Å²) >= 11 is 0. The van der Waals surface area contributed by atoms with E-state index in [1.165, 1.54) is 33.9 Å². The lowest BCUT2D eigenvalue weighted by Gasteiger charge is -2.48. The van der Waals surface area contributed by atoms with Crippen LogP contribution in [0.3, 0.4) is 0 Å². The van der Waals surface area contributed by atoms with Gasteiger partial charge in [0.25, 0.3) is 0 Å². The number of hydrogen-bond acceptors (Lipinski definition) is 1. The first kappa shape index (κ1) is 19.4. The van der Waals surface area contributed by atoms with Crippen LogP contribution in [0.1, 0.15) is 51.3 Å². The van der Waals surface area contributed by atoms with Crippen LogP contribution < -0.4 is 0 Å². The summed E-state index contributed by atoms with van der Waals surface area (Å²) in [5, 5.41) is 0. The van der Waals surface area contributed by atoms with E-state index in [-0.39, 0.29) is 6.10 Å². The minimum atomic E-state index is -1.90. The molecule has 0 amide bonds. The minimum Gasteiger partial charge on any atom is -0.406 e. The molecule has 0 N–H and O–H groups in total. The zero-order chi connectivity index (χ0) is 19.9. The van der Waals surface area contributed by atoms with Gasteiger partial charge in [-0.25, -0.2) is 0 Å². The number of hydrogen-bond donors (Lipinski definition) is 0. The Morgan fingerprint density at radius 2 is 1.46 bits per heavy atom. The van der Waals surface area contributed by atoms with Crippen LogP contribution in [0.2, 0.25) is 17.1 Å². The van der Waals surface area contributed by atoms with E-state index in [1.807, 2.05) is 0 Å². The van der Waals surface area contributed by atoms with Crippen LogP contribution in [0.4, 0.5) is 0 Å². The Balaban J connectivity index is 1.91. The lowest BCUT2D eigenvalue weighted by atomic mass is 9.90. The Hall–Kier alpha value is -1.90. The predicted octanol–water partition coefficient (Wildman–Crippen LogP) is 7.55. The molecule has 2 aliphatic rings. The summed E-state index contributed by atoms with van der Waals surface area (Å²) in [4.78, 5) is 0. The van der Waals surface area contributed by atoms with Crippen LogP contribution >= 0.6 is 0 Å². The molecular formula is C26H32OSi. The molecule has 0 aromatic heterocycles. The lowest BCUT2D eigenvalue weighted by Crippen LogP contribution is -2.50. The van der Waals surface area contributed by atoms with E-state index < -0.39 is 8.32 Å². The number of allylic oxidation sites excluding steroid dienone is 2. The van der Waals surface area contributed by atoms with Gasteiger partial charge in [-0.15, -0.1) is 0 Å². The van der Waals surface area contributed by atoms with Gasteiger partial charge >= 0.3 is 0 Å². The smallest absolute Gasteiger partial charge is 0.199 e. The molecule has 2 heteroatoms. The molecule has 0 spiro atoms. The highest BCUT2D eigenvalue weighted by Gasteiger charge is 2.53. The van der Waals surface area contributed by atoms with Gasteiger partial charge in [0.05, 0.1) is 6.10 Å². The van der Waals surface area contributed by atoms with E-state index >= 15 is 0 Å². The molecule has 1 heterocycles. The van der Waals surface area contributed by atoms with Crippen molar-refractivity contribution in [2.24, 2.45) is 5.92 Å². The maximum atomic E-state index is 7.24. The predicted molar refractivity (Wildman–Crippen MR) is 122 cm³/mol. The van der Waals surface area contributed by atoms with E-state index in [4.69, 9.17) is 4.43 Å². The van der Waals surface area contributed by atoms with Crippen molar-refractivity contribution in [2.45, 2.75) is 57.3 Å². The van der Waals surface area contributed by atoms with E-state index in [1.54, 1.807) is 0 Å². The molecule has 2 aromatic carbocycles. The Morgan fingerprint density at radius 1 is 0.893 bits per heavy atom. The molecule has 1 saturated heterocycles. The van der Waals surface area contributed by atoms with Gasteiger partial charge in [0.15, 0.2) is 8.32 Å². The van der Waals surface area contributed by atoms with Gasteiger partial charge in [-0.1, -0.05) is 94.9 Å². The molecule has 2 unspecified atom stereocenters. The summed E-state index contributed by atoms with van der Waals surface area (Å²) in [6.45, 7) is 14.0. The maximum Gasteiger partial charge on any atom is 0.199 e. The first-order valence-electron chi connectivity index (χ1n) is 10.6. The fourth-order valence-electron chi connectivity index (χ4n) is 5.42. The summed E-state index contributed by atoms with van der Waals surface area (Å²) in [6.07, 6.45) is 1.14. The third-order valence-electron chi connectivity index (χ3n) is 6.88. The second-order valence-corrected chi connectivity index (χ2v) is 13.9. The van der Waals surface area contributed by atoms with Crippen molar-refractivity contribution in [1.82, 2.24) is 0 Å². The highest BCUT2D eigenvalue weighted by Crippen LogP contribution is 2.58. The summed E-state index contributed by atoms with van der Waals surface area (Å²) < 4.78 is 7.24. The van der Waals surface area contributed by atoms with Gasteiger partial charge in [-0.2, -0.15) is 0 Å². The van der Waals surface area contributed by atoms with Gasteiger partial charge in [-0.3, -0.25) is 0 Å². The Morgan fingerprint density at radius 3 is 2.04 bits per heavy atom. The Labute approximate surface area is 171 Å². The third kappa shape index (κ3) is 3.13. The monoisotopic (exact) mass is 388 g/mol. The molecule has 0 radical (unpaired) electrons. The molecule has 2 atom stereocenters. The van der Waals surface area contributed by atoms with Crippen molar-refractivity contribution in [3.63, 3.8) is 0 Å². The molecule has 2 aromatic rings. The van der Waals surface area contributed by atoms with Gasteiger partial charge in [-0.05, 0) is 57.3 Å². The summed E-state index contributed by atoms with van der Waals surface area (Å²) in [7, 11) is -1.90. The van der Waals surface area contributed by atoms with Crippen molar-refractivity contribution in [2.75, 3.05) is 0 Å². The highest BCUT2D eigenvalue weighted by atomic mass is 28.4. The number of fused-ring (bicyclic) bond motifs is 1. The first-order valence-corrected chi connectivity index (χ1v) is 12.9. The molecule has 146 valence electrons. The van der Waals surface area contributed by atoms with Crippen LogP contribution in [-0.2, 0) is 4.43 Å². The second kappa shape index (κ2) is 7.49. The highest BCUT2D eigenvalue weighted by molar-refractivity contribution is 6.76. The quantitative estimate of drug-likeness (QED) is 0.491. The molecule has 1 fully saturated rings. The molecule has 28 heavy (non-hydrogen) atoms. The van der Waals surface area contributed by atoms with Crippen molar-refractivity contribution in [3.8, 4) is 0 Å². The zero-order valence-corrected chi connectivity index (χ0v) is 18.6. The van der Waals surface area contributed by atoms with Crippen molar-refractivity contribution in [1.29, 1.82) is 0 Å². The zero-order valence-electron chi connectivity index (χ0n) is 17.6. The minimum absolute atomic E-state index is 0.0610. The van der Waals surface area contributed by atoms with E-state index in [9.17, 15) is 0 Å². The SMILES string of the molecule is C=C1CC2C[Si](C(C)C)(C(C)C)OC(c3ccccc3)C2=C1c1ccccc1. The van der Waals surface area contributed by atoms with Gasteiger partial charge in [0.2, 0.25) is 0 Å². The first-order chi connectivity index (χ1) is 13.4. The molecule has 1 aliphatic carbocycles. The lowest BCUT2D eigenvalue weighted by molar-refractivity contribution is 0.181. The van der Waals surface area contributed by atoms with Crippen molar-refractivity contribution in [3.05, 3.63) is 89.5 Å². The fourth-order valence-corrected chi connectivity index (χ4v) is 10.2. The molecule has 1 nitrogen and oxygen atoms in total. The van der Waals surface area contributed by atoms with Crippen LogP contribution in [0.25, 0.3) is 5.57 Å². The molecule has 0 bridgehead atoms.